The maximum atomic E-state index is 11.9. The van der Waals surface area contributed by atoms with Crippen LogP contribution in [0.4, 0.5) is 11.4 Å². The van der Waals surface area contributed by atoms with Crippen molar-refractivity contribution in [3.8, 4) is 11.5 Å². The van der Waals surface area contributed by atoms with Crippen molar-refractivity contribution in [2.24, 2.45) is 0 Å². The molecule has 0 atom stereocenters. The smallest absolute Gasteiger partial charge is 0.350 e. The average molecular weight is 384 g/mol. The van der Waals surface area contributed by atoms with Gasteiger partial charge in [-0.3, -0.25) is 10.1 Å². The highest BCUT2D eigenvalue weighted by atomic mass is 16.7. The summed E-state index contributed by atoms with van der Waals surface area (Å²) < 4.78 is 15.6. The molecule has 28 heavy (non-hydrogen) atoms. The van der Waals surface area contributed by atoms with E-state index in [9.17, 15) is 19.7 Å². The Hall–Kier alpha value is -3.88. The molecule has 0 saturated carbocycles. The lowest BCUT2D eigenvalue weighted by atomic mass is 10.2. The van der Waals surface area contributed by atoms with Gasteiger partial charge in [0.2, 0.25) is 0 Å². The molecule has 9 heteroatoms. The summed E-state index contributed by atoms with van der Waals surface area (Å²) in [7, 11) is 0. The topological polar surface area (TPSA) is 117 Å². The first-order valence-corrected chi connectivity index (χ1v) is 8.19. The Morgan fingerprint density at radius 1 is 0.964 bits per heavy atom. The van der Waals surface area contributed by atoms with E-state index in [0.29, 0.717) is 17.2 Å². The molecule has 1 saturated heterocycles. The van der Waals surface area contributed by atoms with Crippen molar-refractivity contribution in [3.05, 3.63) is 70.4 Å². The number of nitro benzene ring substituents is 1. The van der Waals surface area contributed by atoms with Gasteiger partial charge in [-0.05, 0) is 36.4 Å². The minimum atomic E-state index is -1.29. The molecule has 0 radical (unpaired) electrons. The van der Waals surface area contributed by atoms with Gasteiger partial charge in [-0.15, -0.1) is 0 Å². The number of rotatable bonds is 5. The van der Waals surface area contributed by atoms with Crippen LogP contribution in [0.25, 0.3) is 0 Å². The van der Waals surface area contributed by atoms with E-state index in [1.807, 2.05) is 0 Å². The summed E-state index contributed by atoms with van der Waals surface area (Å²) >= 11 is 0. The molecule has 9 nitrogen and oxygen atoms in total. The number of anilines is 1. The van der Waals surface area contributed by atoms with Crippen LogP contribution in [0.1, 0.15) is 13.8 Å². The lowest BCUT2D eigenvalue weighted by Gasteiger charge is -2.29. The fourth-order valence-electron chi connectivity index (χ4n) is 2.33. The molecule has 3 rings (SSSR count). The summed E-state index contributed by atoms with van der Waals surface area (Å²) in [6.07, 6.45) is 1.21. The number of nitrogens with zero attached hydrogens (tertiary/aromatic N) is 1. The number of non-ortho nitro benzene ring substituents is 1. The maximum Gasteiger partial charge on any atom is 0.350 e. The molecule has 0 aliphatic carbocycles. The first kappa shape index (κ1) is 18.9. The van der Waals surface area contributed by atoms with E-state index >= 15 is 0 Å². The summed E-state index contributed by atoms with van der Waals surface area (Å²) in [6.45, 7) is 2.94. The number of nitro groups is 1. The molecule has 2 aromatic carbocycles. The number of nitrogens with one attached hydrogen (secondary N) is 1. The van der Waals surface area contributed by atoms with Crippen molar-refractivity contribution in [2.45, 2.75) is 19.6 Å². The zero-order valence-corrected chi connectivity index (χ0v) is 15.0. The van der Waals surface area contributed by atoms with Gasteiger partial charge in [-0.2, -0.15) is 0 Å². The van der Waals surface area contributed by atoms with Crippen LogP contribution in [0.3, 0.4) is 0 Å². The Morgan fingerprint density at radius 2 is 1.46 bits per heavy atom. The maximum absolute atomic E-state index is 11.9. The molecule has 1 heterocycles. The molecular weight excluding hydrogens is 368 g/mol. The third-order valence-corrected chi connectivity index (χ3v) is 3.64. The molecule has 0 unspecified atom stereocenters. The number of hydrogen-bond donors (Lipinski definition) is 1. The number of carbonyl (C=O) groups is 2. The summed E-state index contributed by atoms with van der Waals surface area (Å²) in [5.41, 5.74) is 0.322. The van der Waals surface area contributed by atoms with E-state index in [1.165, 1.54) is 44.3 Å². The summed E-state index contributed by atoms with van der Waals surface area (Å²) in [5.74, 6) is -1.88. The highest BCUT2D eigenvalue weighted by molar-refractivity contribution is 6.15. The largest absolute Gasteiger partial charge is 0.457 e. The number of carbonyl (C=O) groups excluding carboxylic acids is 2. The number of esters is 2. The SMILES string of the molecule is CC1(C)OC(=O)C(=CNc2ccc(Oc3ccc([N+](=O)[O-])cc3)cc2)C(=O)O1. The second-order valence-electron chi connectivity index (χ2n) is 6.26. The molecule has 144 valence electrons. The van der Waals surface area contributed by atoms with Gasteiger partial charge < -0.3 is 19.5 Å². The van der Waals surface area contributed by atoms with Crippen LogP contribution in [-0.4, -0.2) is 22.6 Å². The Labute approximate surface area is 159 Å². The van der Waals surface area contributed by atoms with Crippen molar-refractivity contribution >= 4 is 23.3 Å². The summed E-state index contributed by atoms with van der Waals surface area (Å²) in [6, 6.07) is 12.3. The highest BCUT2D eigenvalue weighted by Crippen LogP contribution is 2.26. The van der Waals surface area contributed by atoms with Gasteiger partial charge in [0.1, 0.15) is 11.5 Å². The van der Waals surface area contributed by atoms with Crippen molar-refractivity contribution in [1.82, 2.24) is 0 Å². The van der Waals surface area contributed by atoms with Gasteiger partial charge in [-0.25, -0.2) is 9.59 Å². The Bertz CT molecular complexity index is 925. The molecular formula is C19H16N2O7. The van der Waals surface area contributed by atoms with Crippen molar-refractivity contribution in [2.75, 3.05) is 5.32 Å². The van der Waals surface area contributed by atoms with E-state index in [1.54, 1.807) is 24.3 Å². The molecule has 1 aliphatic rings. The van der Waals surface area contributed by atoms with Crippen LogP contribution >= 0.6 is 0 Å². The third-order valence-electron chi connectivity index (χ3n) is 3.64. The predicted octanol–water partition coefficient (Wildman–Crippen LogP) is 3.52. The molecule has 1 fully saturated rings. The number of cyclic esters (lactones) is 2. The molecule has 0 bridgehead atoms. The molecule has 2 aromatic rings. The highest BCUT2D eigenvalue weighted by Gasteiger charge is 2.38. The van der Waals surface area contributed by atoms with Crippen LogP contribution in [-0.2, 0) is 19.1 Å². The Kier molecular flexibility index (Phi) is 4.99. The second-order valence-corrected chi connectivity index (χ2v) is 6.26. The van der Waals surface area contributed by atoms with E-state index in [0.717, 1.165) is 0 Å². The minimum absolute atomic E-state index is 0.0249. The predicted molar refractivity (Wildman–Crippen MR) is 97.6 cm³/mol. The second kappa shape index (κ2) is 7.39. The van der Waals surface area contributed by atoms with Crippen molar-refractivity contribution in [3.63, 3.8) is 0 Å². The van der Waals surface area contributed by atoms with Gasteiger partial charge in [0.15, 0.2) is 5.57 Å². The summed E-state index contributed by atoms with van der Waals surface area (Å²) in [5, 5.41) is 13.5. The van der Waals surface area contributed by atoms with Crippen molar-refractivity contribution in [1.29, 1.82) is 0 Å². The zero-order chi connectivity index (χ0) is 20.3. The zero-order valence-electron chi connectivity index (χ0n) is 15.0. The van der Waals surface area contributed by atoms with Crippen LogP contribution in [0.5, 0.6) is 11.5 Å². The van der Waals surface area contributed by atoms with Gasteiger partial charge in [-0.1, -0.05) is 0 Å². The van der Waals surface area contributed by atoms with Crippen LogP contribution < -0.4 is 10.1 Å². The Balaban J connectivity index is 1.64. The van der Waals surface area contributed by atoms with E-state index in [-0.39, 0.29) is 11.3 Å². The molecule has 1 aliphatic heterocycles. The number of ether oxygens (including phenoxy) is 3. The van der Waals surface area contributed by atoms with E-state index in [2.05, 4.69) is 5.32 Å². The van der Waals surface area contributed by atoms with Gasteiger partial charge >= 0.3 is 11.9 Å². The molecule has 0 spiro atoms. The lowest BCUT2D eigenvalue weighted by Crippen LogP contribution is -2.42. The molecule has 0 aromatic heterocycles. The first-order chi connectivity index (χ1) is 13.2. The van der Waals surface area contributed by atoms with E-state index in [4.69, 9.17) is 14.2 Å². The first-order valence-electron chi connectivity index (χ1n) is 8.19. The van der Waals surface area contributed by atoms with E-state index < -0.39 is 22.6 Å². The fourth-order valence-corrected chi connectivity index (χ4v) is 2.33. The molecule has 0 amide bonds. The number of benzene rings is 2. The standard InChI is InChI=1S/C19H16N2O7/c1-19(2)27-17(22)16(18(23)28-19)11-20-12-3-7-14(8-4-12)26-15-9-5-13(6-10-15)21(24)25/h3-11,20H,1-2H3. The monoisotopic (exact) mass is 384 g/mol. The van der Waals surface area contributed by atoms with Crippen molar-refractivity contribution < 1.29 is 28.7 Å². The normalized spacial score (nSPS) is 15.3. The summed E-state index contributed by atoms with van der Waals surface area (Å²) in [4.78, 5) is 33.9. The molecule has 1 N–H and O–H groups in total. The average Bonchev–Trinajstić information content (AvgIpc) is 2.62. The lowest BCUT2D eigenvalue weighted by molar-refractivity contribution is -0.384. The third kappa shape index (κ3) is 4.44. The van der Waals surface area contributed by atoms with Gasteiger partial charge in [0.25, 0.3) is 11.5 Å². The fraction of sp³-hybridized carbons (Fsp3) is 0.158. The van der Waals surface area contributed by atoms with Crippen LogP contribution in [0.15, 0.2) is 60.3 Å². The van der Waals surface area contributed by atoms with Crippen LogP contribution in [0.2, 0.25) is 0 Å². The van der Waals surface area contributed by atoms with Gasteiger partial charge in [0, 0.05) is 37.9 Å². The Morgan fingerprint density at radius 3 is 1.96 bits per heavy atom. The quantitative estimate of drug-likeness (QED) is 0.274. The number of hydrogen-bond acceptors (Lipinski definition) is 8. The minimum Gasteiger partial charge on any atom is -0.457 e. The van der Waals surface area contributed by atoms with Crippen LogP contribution in [0, 0.1) is 10.1 Å². The van der Waals surface area contributed by atoms with Gasteiger partial charge in [0.05, 0.1) is 4.92 Å².